The van der Waals surface area contributed by atoms with Gasteiger partial charge in [0, 0.05) is 17.9 Å². The summed E-state index contributed by atoms with van der Waals surface area (Å²) in [5.41, 5.74) is 5.43. The zero-order chi connectivity index (χ0) is 15.9. The molecule has 1 heterocycles. The molecule has 1 aromatic rings. The van der Waals surface area contributed by atoms with Crippen LogP contribution in [0, 0.1) is 11.7 Å². The zero-order valence-corrected chi connectivity index (χ0v) is 12.8. The molecule has 1 aliphatic carbocycles. The fourth-order valence-corrected chi connectivity index (χ4v) is 2.94. The van der Waals surface area contributed by atoms with E-state index in [9.17, 15) is 9.18 Å². The number of carbonyl (C=O) groups is 1. The number of anilines is 1. The summed E-state index contributed by atoms with van der Waals surface area (Å²) >= 11 is 6.06. The molecule has 1 unspecified atom stereocenters. The van der Waals surface area contributed by atoms with Crippen molar-refractivity contribution in [3.63, 3.8) is 0 Å². The topological polar surface area (TPSA) is 73.9 Å². The van der Waals surface area contributed by atoms with Gasteiger partial charge in [-0.2, -0.15) is 0 Å². The molecule has 0 saturated heterocycles. The monoisotopic (exact) mass is 326 g/mol. The summed E-state index contributed by atoms with van der Waals surface area (Å²) in [6, 6.07) is 2.55. The second kappa shape index (κ2) is 5.43. The lowest BCUT2D eigenvalue weighted by atomic mass is 9.89. The van der Waals surface area contributed by atoms with E-state index in [1.54, 1.807) is 6.92 Å². The van der Waals surface area contributed by atoms with E-state index < -0.39 is 17.4 Å². The number of rotatable bonds is 4. The van der Waals surface area contributed by atoms with Gasteiger partial charge in [0.15, 0.2) is 0 Å². The number of hydrogen-bond acceptors (Lipinski definition) is 5. The van der Waals surface area contributed by atoms with E-state index in [4.69, 9.17) is 26.9 Å². The Morgan fingerprint density at radius 1 is 1.59 bits per heavy atom. The summed E-state index contributed by atoms with van der Waals surface area (Å²) in [5, 5.41) is 4.19. The number of hydrogen-bond donors (Lipinski definition) is 1. The van der Waals surface area contributed by atoms with Crippen LogP contribution < -0.4 is 5.73 Å². The zero-order valence-electron chi connectivity index (χ0n) is 12.1. The van der Waals surface area contributed by atoms with Crippen molar-refractivity contribution in [3.8, 4) is 0 Å². The smallest absolute Gasteiger partial charge is 0.354 e. The normalized spacial score (nSPS) is 23.9. The van der Waals surface area contributed by atoms with Crippen molar-refractivity contribution in [1.29, 1.82) is 0 Å². The summed E-state index contributed by atoms with van der Waals surface area (Å²) < 4.78 is 18.5. The van der Waals surface area contributed by atoms with Crippen LogP contribution in [-0.2, 0) is 14.4 Å². The molecule has 3 rings (SSSR count). The first-order chi connectivity index (χ1) is 10.5. The van der Waals surface area contributed by atoms with E-state index in [1.807, 2.05) is 0 Å². The van der Waals surface area contributed by atoms with E-state index >= 15 is 0 Å². The summed E-state index contributed by atoms with van der Waals surface area (Å²) in [6.45, 7) is 2.02. The van der Waals surface area contributed by atoms with Gasteiger partial charge in [-0.3, -0.25) is 0 Å². The molecule has 0 amide bonds. The number of nitrogens with zero attached hydrogens (tertiary/aromatic N) is 1. The van der Waals surface area contributed by atoms with Crippen molar-refractivity contribution in [2.24, 2.45) is 11.1 Å². The first-order valence-electron chi connectivity index (χ1n) is 7.15. The van der Waals surface area contributed by atoms with Gasteiger partial charge in [0.25, 0.3) is 0 Å². The molecule has 1 aliphatic heterocycles. The maximum atomic E-state index is 13.4. The highest BCUT2D eigenvalue weighted by molar-refractivity contribution is 6.34. The third-order valence-corrected chi connectivity index (χ3v) is 4.32. The summed E-state index contributed by atoms with van der Waals surface area (Å²) in [7, 11) is 0. The summed E-state index contributed by atoms with van der Waals surface area (Å²) in [4.78, 5) is 17.8. The van der Waals surface area contributed by atoms with Gasteiger partial charge in [-0.25, -0.2) is 9.18 Å². The Kier molecular flexibility index (Phi) is 3.72. The van der Waals surface area contributed by atoms with Crippen LogP contribution in [-0.4, -0.2) is 23.9 Å². The number of halogens is 2. The molecule has 2 aliphatic rings. The first-order valence-corrected chi connectivity index (χ1v) is 7.53. The van der Waals surface area contributed by atoms with Gasteiger partial charge in [0.1, 0.15) is 5.82 Å². The fourth-order valence-electron chi connectivity index (χ4n) is 2.68. The minimum atomic E-state index is -1.09. The Morgan fingerprint density at radius 2 is 2.32 bits per heavy atom. The standard InChI is InChI=1S/C15H16ClFN2O3/c1-2-21-14(20)15(8-3-4-8)7-13(19-22-15)9-5-12(18)11(17)6-10(9)16/h5-6,8H,2-4,7,18H2,1H3. The number of esters is 1. The molecule has 2 N–H and O–H groups in total. The minimum Gasteiger partial charge on any atom is -0.463 e. The fraction of sp³-hybridized carbons (Fsp3) is 0.467. The maximum Gasteiger partial charge on any atom is 0.354 e. The van der Waals surface area contributed by atoms with Gasteiger partial charge in [0.05, 0.1) is 23.0 Å². The highest BCUT2D eigenvalue weighted by Gasteiger charge is 2.58. The molecule has 1 aromatic carbocycles. The molecule has 0 aromatic heterocycles. The van der Waals surface area contributed by atoms with Gasteiger partial charge < -0.3 is 15.3 Å². The number of nitrogens with two attached hydrogens (primary N) is 1. The summed E-state index contributed by atoms with van der Waals surface area (Å²) in [5.74, 6) is -0.918. The Bertz CT molecular complexity index is 660. The number of ether oxygens (including phenoxy) is 1. The lowest BCUT2D eigenvalue weighted by molar-refractivity contribution is -0.172. The van der Waals surface area contributed by atoms with Crippen LogP contribution >= 0.6 is 11.6 Å². The van der Waals surface area contributed by atoms with Gasteiger partial charge in [-0.1, -0.05) is 16.8 Å². The van der Waals surface area contributed by atoms with Crippen LogP contribution in [0.3, 0.4) is 0 Å². The van der Waals surface area contributed by atoms with Gasteiger partial charge in [-0.05, 0) is 31.9 Å². The average Bonchev–Trinajstić information content (AvgIpc) is 3.23. The molecule has 5 nitrogen and oxygen atoms in total. The van der Waals surface area contributed by atoms with Crippen molar-refractivity contribution in [3.05, 3.63) is 28.5 Å². The Hall–Kier alpha value is -1.82. The molecule has 1 atom stereocenters. The third kappa shape index (κ3) is 2.41. The predicted molar refractivity (Wildman–Crippen MR) is 80.1 cm³/mol. The maximum absolute atomic E-state index is 13.4. The molecular weight excluding hydrogens is 311 g/mol. The average molecular weight is 327 g/mol. The molecule has 22 heavy (non-hydrogen) atoms. The summed E-state index contributed by atoms with van der Waals surface area (Å²) in [6.07, 6.45) is 2.03. The van der Waals surface area contributed by atoms with Crippen molar-refractivity contribution < 1.29 is 18.8 Å². The van der Waals surface area contributed by atoms with Crippen molar-refractivity contribution >= 4 is 29.0 Å². The van der Waals surface area contributed by atoms with E-state index in [0.717, 1.165) is 18.9 Å². The Balaban J connectivity index is 1.90. The van der Waals surface area contributed by atoms with Crippen molar-refractivity contribution in [1.82, 2.24) is 0 Å². The lowest BCUT2D eigenvalue weighted by Gasteiger charge is -2.23. The lowest BCUT2D eigenvalue weighted by Crippen LogP contribution is -2.42. The van der Waals surface area contributed by atoms with Crippen LogP contribution in [0.25, 0.3) is 0 Å². The second-order valence-electron chi connectivity index (χ2n) is 5.54. The van der Waals surface area contributed by atoms with Crippen molar-refractivity contribution in [2.45, 2.75) is 31.8 Å². The quantitative estimate of drug-likeness (QED) is 0.682. The second-order valence-corrected chi connectivity index (χ2v) is 5.95. The van der Waals surface area contributed by atoms with Crippen LogP contribution in [0.1, 0.15) is 31.7 Å². The number of benzene rings is 1. The molecule has 1 saturated carbocycles. The van der Waals surface area contributed by atoms with E-state index in [0.29, 0.717) is 11.3 Å². The molecule has 1 fully saturated rings. The van der Waals surface area contributed by atoms with E-state index in [-0.39, 0.29) is 29.7 Å². The predicted octanol–water partition coefficient (Wildman–Crippen LogP) is 2.90. The van der Waals surface area contributed by atoms with Crippen LogP contribution in [0.15, 0.2) is 17.3 Å². The SMILES string of the molecule is CCOC(=O)C1(C2CC2)CC(c2cc(N)c(F)cc2Cl)=NO1. The largest absolute Gasteiger partial charge is 0.463 e. The molecule has 0 bridgehead atoms. The van der Waals surface area contributed by atoms with Gasteiger partial charge in [0.2, 0.25) is 5.60 Å². The van der Waals surface area contributed by atoms with Crippen LogP contribution in [0.2, 0.25) is 5.02 Å². The molecule has 0 radical (unpaired) electrons. The third-order valence-electron chi connectivity index (χ3n) is 4.00. The molecular formula is C15H16ClFN2O3. The number of nitrogen functional groups attached to an aromatic ring is 1. The van der Waals surface area contributed by atoms with E-state index in [1.165, 1.54) is 6.07 Å². The number of carbonyl (C=O) groups excluding carboxylic acids is 1. The molecule has 118 valence electrons. The van der Waals surface area contributed by atoms with E-state index in [2.05, 4.69) is 5.16 Å². The minimum absolute atomic E-state index is 0.0258. The highest BCUT2D eigenvalue weighted by atomic mass is 35.5. The molecule has 7 heteroatoms. The van der Waals surface area contributed by atoms with Gasteiger partial charge in [-0.15, -0.1) is 0 Å². The Morgan fingerprint density at radius 3 is 2.95 bits per heavy atom. The van der Waals surface area contributed by atoms with Gasteiger partial charge >= 0.3 is 5.97 Å². The van der Waals surface area contributed by atoms with Crippen LogP contribution in [0.4, 0.5) is 10.1 Å². The first kappa shape index (κ1) is 15.1. The van der Waals surface area contributed by atoms with Crippen molar-refractivity contribution in [2.75, 3.05) is 12.3 Å². The highest BCUT2D eigenvalue weighted by Crippen LogP contribution is 2.48. The number of oxime groups is 1. The Labute approximate surface area is 132 Å². The molecule has 0 spiro atoms. The van der Waals surface area contributed by atoms with Crippen LogP contribution in [0.5, 0.6) is 0 Å².